The highest BCUT2D eigenvalue weighted by Crippen LogP contribution is 2.14. The summed E-state index contributed by atoms with van der Waals surface area (Å²) in [6, 6.07) is 5.73. The number of hydrogen-bond donors (Lipinski definition) is 0. The van der Waals surface area contributed by atoms with Gasteiger partial charge in [0.05, 0.1) is 6.20 Å². The zero-order chi connectivity index (χ0) is 11.8. The number of allylic oxidation sites excluding steroid dienone is 1. The number of carbonyl (C=O) groups is 1. The standard InChI is InChI=1S/C12H9N4O/c1-8(17)13-10-6-5-9-12(15-10)16-7-3-2-4-11(16)14-9/h2-7H,1H3/q+1. The van der Waals surface area contributed by atoms with E-state index in [-0.39, 0.29) is 5.91 Å². The molecule has 82 valence electrons. The first-order valence-corrected chi connectivity index (χ1v) is 5.20. The Balaban J connectivity index is 2.12. The molecule has 17 heavy (non-hydrogen) atoms. The van der Waals surface area contributed by atoms with Gasteiger partial charge in [0.1, 0.15) is 0 Å². The van der Waals surface area contributed by atoms with Crippen LogP contribution in [0.2, 0.25) is 0 Å². The first-order valence-electron chi connectivity index (χ1n) is 5.20. The Morgan fingerprint density at radius 3 is 3.00 bits per heavy atom. The Morgan fingerprint density at radius 1 is 1.29 bits per heavy atom. The molecule has 0 unspecified atom stereocenters. The fourth-order valence-corrected chi connectivity index (χ4v) is 1.75. The Morgan fingerprint density at radius 2 is 2.18 bits per heavy atom. The van der Waals surface area contributed by atoms with E-state index in [1.165, 1.54) is 6.92 Å². The molecule has 0 aliphatic carbocycles. The van der Waals surface area contributed by atoms with Crippen LogP contribution >= 0.6 is 0 Å². The molecular formula is C12H9N4O+. The molecule has 0 bridgehead atoms. The van der Waals surface area contributed by atoms with Crippen molar-refractivity contribution >= 4 is 29.1 Å². The van der Waals surface area contributed by atoms with Gasteiger partial charge in [-0.3, -0.25) is 4.79 Å². The molecule has 3 heterocycles. The second kappa shape index (κ2) is 3.55. The highest BCUT2D eigenvalue weighted by molar-refractivity contribution is 6.47. The van der Waals surface area contributed by atoms with Crippen molar-refractivity contribution in [3.05, 3.63) is 36.5 Å². The van der Waals surface area contributed by atoms with Crippen molar-refractivity contribution < 1.29 is 9.36 Å². The lowest BCUT2D eigenvalue weighted by Crippen LogP contribution is -2.44. The molecule has 1 aromatic heterocycles. The van der Waals surface area contributed by atoms with Crippen LogP contribution in [0.15, 0.2) is 51.5 Å². The van der Waals surface area contributed by atoms with Crippen LogP contribution in [0, 0.1) is 0 Å². The summed E-state index contributed by atoms with van der Waals surface area (Å²) >= 11 is 0. The van der Waals surface area contributed by atoms with Crippen molar-refractivity contribution in [2.45, 2.75) is 6.92 Å². The van der Waals surface area contributed by atoms with E-state index in [9.17, 15) is 4.79 Å². The summed E-state index contributed by atoms with van der Waals surface area (Å²) in [4.78, 5) is 23.5. The van der Waals surface area contributed by atoms with E-state index < -0.39 is 0 Å². The van der Waals surface area contributed by atoms with Crippen LogP contribution in [0.3, 0.4) is 0 Å². The van der Waals surface area contributed by atoms with Crippen LogP contribution in [0.4, 0.5) is 5.82 Å². The summed E-state index contributed by atoms with van der Waals surface area (Å²) in [5.74, 6) is 1.69. The molecule has 0 saturated carbocycles. The van der Waals surface area contributed by atoms with Gasteiger partial charge in [0.2, 0.25) is 17.5 Å². The van der Waals surface area contributed by atoms with Gasteiger partial charge in [0.15, 0.2) is 0 Å². The minimum Gasteiger partial charge on any atom is -0.273 e. The maximum atomic E-state index is 10.9. The van der Waals surface area contributed by atoms with Gasteiger partial charge in [-0.2, -0.15) is 9.56 Å². The molecule has 5 nitrogen and oxygen atoms in total. The maximum Gasteiger partial charge on any atom is 0.312 e. The largest absolute Gasteiger partial charge is 0.312 e. The minimum atomic E-state index is -0.259. The SMILES string of the molecule is CC(=O)N=C1C=CC2=Nc3cccc[n+]3C2=N1. The van der Waals surface area contributed by atoms with E-state index in [2.05, 4.69) is 15.0 Å². The lowest BCUT2D eigenvalue weighted by Gasteiger charge is -1.98. The number of carbonyl (C=O) groups excluding carboxylic acids is 1. The molecule has 0 radical (unpaired) electrons. The molecular weight excluding hydrogens is 216 g/mol. The summed E-state index contributed by atoms with van der Waals surface area (Å²) < 4.78 is 1.87. The smallest absolute Gasteiger partial charge is 0.273 e. The third-order valence-electron chi connectivity index (χ3n) is 2.41. The van der Waals surface area contributed by atoms with E-state index in [0.29, 0.717) is 11.7 Å². The molecule has 1 aromatic rings. The van der Waals surface area contributed by atoms with Gasteiger partial charge in [-0.1, -0.05) is 16.1 Å². The third-order valence-corrected chi connectivity index (χ3v) is 2.41. The van der Waals surface area contributed by atoms with Crippen molar-refractivity contribution in [2.24, 2.45) is 15.0 Å². The highest BCUT2D eigenvalue weighted by Gasteiger charge is 2.31. The predicted molar refractivity (Wildman–Crippen MR) is 63.8 cm³/mol. The molecule has 0 atom stereocenters. The van der Waals surface area contributed by atoms with Crippen molar-refractivity contribution in [1.82, 2.24) is 0 Å². The number of hydrogen-bond acceptors (Lipinski definition) is 2. The van der Waals surface area contributed by atoms with Gasteiger partial charge in [-0.15, -0.1) is 0 Å². The molecule has 2 aliphatic rings. The number of amidine groups is 1. The number of amides is 1. The fraction of sp³-hybridized carbons (Fsp3) is 0.0833. The van der Waals surface area contributed by atoms with Gasteiger partial charge < -0.3 is 0 Å². The normalized spacial score (nSPS) is 18.5. The van der Waals surface area contributed by atoms with Crippen LogP contribution in [0.25, 0.3) is 0 Å². The molecule has 0 N–H and O–H groups in total. The van der Waals surface area contributed by atoms with Gasteiger partial charge in [0.25, 0.3) is 5.82 Å². The summed E-state index contributed by atoms with van der Waals surface area (Å²) in [7, 11) is 0. The van der Waals surface area contributed by atoms with Gasteiger partial charge in [0, 0.05) is 19.1 Å². The number of pyridine rings is 1. The minimum absolute atomic E-state index is 0.259. The van der Waals surface area contributed by atoms with Crippen LogP contribution in [0.1, 0.15) is 6.92 Å². The number of nitrogens with zero attached hydrogens (tertiary/aromatic N) is 4. The summed E-state index contributed by atoms with van der Waals surface area (Å²) in [5.41, 5.74) is 0.790. The van der Waals surface area contributed by atoms with Crippen molar-refractivity contribution in [1.29, 1.82) is 0 Å². The van der Waals surface area contributed by atoms with Gasteiger partial charge >= 0.3 is 5.84 Å². The molecule has 0 fully saturated rings. The van der Waals surface area contributed by atoms with E-state index in [1.807, 2.05) is 35.0 Å². The number of dihydropyridines is 1. The van der Waals surface area contributed by atoms with Gasteiger partial charge in [-0.05, 0) is 12.1 Å². The molecule has 5 heteroatoms. The second-order valence-electron chi connectivity index (χ2n) is 3.68. The monoisotopic (exact) mass is 225 g/mol. The maximum absolute atomic E-state index is 10.9. The summed E-state index contributed by atoms with van der Waals surface area (Å²) in [5, 5.41) is 0. The summed E-state index contributed by atoms with van der Waals surface area (Å²) in [6.45, 7) is 1.40. The zero-order valence-electron chi connectivity index (χ0n) is 9.16. The Kier molecular flexibility index (Phi) is 2.04. The number of rotatable bonds is 0. The second-order valence-corrected chi connectivity index (χ2v) is 3.68. The molecule has 2 aliphatic heterocycles. The van der Waals surface area contributed by atoms with Crippen LogP contribution in [-0.4, -0.2) is 23.3 Å². The average molecular weight is 225 g/mol. The van der Waals surface area contributed by atoms with E-state index >= 15 is 0 Å². The fourth-order valence-electron chi connectivity index (χ4n) is 1.75. The Hall–Kier alpha value is -2.43. The van der Waals surface area contributed by atoms with E-state index in [1.54, 1.807) is 6.08 Å². The molecule has 3 rings (SSSR count). The lowest BCUT2D eigenvalue weighted by molar-refractivity contribution is -0.534. The van der Waals surface area contributed by atoms with Crippen molar-refractivity contribution in [3.63, 3.8) is 0 Å². The summed E-state index contributed by atoms with van der Waals surface area (Å²) in [6.07, 6.45) is 5.39. The highest BCUT2D eigenvalue weighted by atomic mass is 16.1. The van der Waals surface area contributed by atoms with Crippen LogP contribution < -0.4 is 4.57 Å². The van der Waals surface area contributed by atoms with Crippen molar-refractivity contribution in [2.75, 3.05) is 0 Å². The predicted octanol–water partition coefficient (Wildman–Crippen LogP) is 0.822. The lowest BCUT2D eigenvalue weighted by atomic mass is 10.2. The van der Waals surface area contributed by atoms with Gasteiger partial charge in [-0.25, -0.2) is 0 Å². The van der Waals surface area contributed by atoms with Crippen molar-refractivity contribution in [3.8, 4) is 0 Å². The quantitative estimate of drug-likeness (QED) is 0.603. The van der Waals surface area contributed by atoms with Crippen LogP contribution in [0.5, 0.6) is 0 Å². The van der Waals surface area contributed by atoms with E-state index in [0.717, 1.165) is 11.5 Å². The molecule has 0 aromatic carbocycles. The third kappa shape index (κ3) is 1.61. The number of aliphatic imine (C=N–C) groups is 3. The molecule has 1 amide bonds. The molecule has 0 saturated heterocycles. The first-order chi connectivity index (χ1) is 8.24. The topological polar surface area (TPSA) is 58.0 Å². The molecule has 0 spiro atoms. The van der Waals surface area contributed by atoms with E-state index in [4.69, 9.17) is 0 Å². The Bertz CT molecular complexity index is 638. The first kappa shape index (κ1) is 9.77. The zero-order valence-corrected chi connectivity index (χ0v) is 9.16. The average Bonchev–Trinajstić information content (AvgIpc) is 2.66. The van der Waals surface area contributed by atoms with Crippen LogP contribution in [-0.2, 0) is 4.79 Å². The number of fused-ring (bicyclic) bond motifs is 3. The number of aromatic nitrogens is 1. The Labute approximate surface area is 97.6 Å².